The smallest absolute Gasteiger partial charge is 0.758 e. The van der Waals surface area contributed by atoms with Crippen molar-refractivity contribution in [2.45, 2.75) is 51.1 Å². The summed E-state index contributed by atoms with van der Waals surface area (Å²) >= 11 is 10.6. The number of rotatable bonds is 12. The molecule has 4 N–H and O–H groups in total. The quantitative estimate of drug-likeness (QED) is 0.187. The molecule has 33 heavy (non-hydrogen) atoms. The molecule has 0 aliphatic carbocycles. The molecule has 4 unspecified atom stereocenters. The molecule has 0 amide bonds. The third kappa shape index (κ3) is 12.1. The molecule has 0 aliphatic heterocycles. The molecular weight excluding hydrogens is 499 g/mol. The van der Waals surface area contributed by atoms with Gasteiger partial charge in [0.2, 0.25) is 0 Å². The van der Waals surface area contributed by atoms with Crippen molar-refractivity contribution in [2.24, 2.45) is 0 Å². The molecule has 0 heterocycles. The van der Waals surface area contributed by atoms with E-state index in [4.69, 9.17) is 25.3 Å². The molecule has 2 rings (SSSR count). The Bertz CT molecular complexity index is 649. The van der Waals surface area contributed by atoms with Crippen LogP contribution in [-0.2, 0) is 41.7 Å². The van der Waals surface area contributed by atoms with Gasteiger partial charge < -0.3 is 45.3 Å². The molecule has 0 fully saturated rings. The predicted molar refractivity (Wildman–Crippen MR) is 137 cm³/mol. The molecule has 6 nitrogen and oxygen atoms in total. The van der Waals surface area contributed by atoms with E-state index in [9.17, 15) is 10.2 Å². The van der Waals surface area contributed by atoms with Crippen molar-refractivity contribution in [3.63, 3.8) is 0 Å². The molecule has 0 saturated carbocycles. The van der Waals surface area contributed by atoms with Gasteiger partial charge in [-0.3, -0.25) is 10.6 Å². The molecule has 2 aromatic rings. The maximum Gasteiger partial charge on any atom is 2.00 e. The van der Waals surface area contributed by atoms with E-state index in [2.05, 4.69) is 48.1 Å². The SMILES string of the molecule is CCN(CC)C([S-])NC(O)c1ccccc1.CCN(CC)C([S-])NC(O)c1ccccc1.[Ni+2]. The molecule has 0 saturated heterocycles. The van der Waals surface area contributed by atoms with Gasteiger partial charge in [0, 0.05) is 0 Å². The molecule has 4 atom stereocenters. The van der Waals surface area contributed by atoms with Crippen LogP contribution in [0.4, 0.5) is 0 Å². The van der Waals surface area contributed by atoms with E-state index >= 15 is 0 Å². The van der Waals surface area contributed by atoms with E-state index in [-0.39, 0.29) is 27.5 Å². The second-order valence-corrected chi connectivity index (χ2v) is 8.00. The number of nitrogens with one attached hydrogen (secondary N) is 2. The van der Waals surface area contributed by atoms with E-state index in [1.54, 1.807) is 0 Å². The Morgan fingerprint density at radius 2 is 0.909 bits per heavy atom. The summed E-state index contributed by atoms with van der Waals surface area (Å²) < 4.78 is 0. The van der Waals surface area contributed by atoms with Crippen molar-refractivity contribution < 1.29 is 26.7 Å². The van der Waals surface area contributed by atoms with Crippen LogP contribution in [0.15, 0.2) is 60.7 Å². The molecule has 9 heteroatoms. The fraction of sp³-hybridized carbons (Fsp3) is 0.500. The van der Waals surface area contributed by atoms with E-state index in [1.165, 1.54) is 0 Å². The third-order valence-electron chi connectivity index (χ3n) is 5.12. The van der Waals surface area contributed by atoms with Crippen LogP contribution in [-0.4, -0.2) is 57.2 Å². The van der Waals surface area contributed by atoms with Gasteiger partial charge in [0.25, 0.3) is 0 Å². The van der Waals surface area contributed by atoms with E-state index in [0.29, 0.717) is 0 Å². The Labute approximate surface area is 220 Å². The van der Waals surface area contributed by atoms with Crippen LogP contribution in [0.25, 0.3) is 0 Å². The van der Waals surface area contributed by atoms with E-state index in [1.807, 2.05) is 60.7 Å². The minimum Gasteiger partial charge on any atom is -0.758 e. The minimum atomic E-state index is -0.704. The average molecular weight is 537 g/mol. The molecule has 0 radical (unpaired) electrons. The van der Waals surface area contributed by atoms with Crippen molar-refractivity contribution in [1.82, 2.24) is 20.4 Å². The van der Waals surface area contributed by atoms with Gasteiger partial charge in [-0.2, -0.15) is 0 Å². The summed E-state index contributed by atoms with van der Waals surface area (Å²) in [5, 5.41) is 25.8. The second kappa shape index (κ2) is 18.7. The summed E-state index contributed by atoms with van der Waals surface area (Å²) in [6.07, 6.45) is -1.41. The summed E-state index contributed by atoms with van der Waals surface area (Å²) in [4.78, 5) is 4.14. The van der Waals surface area contributed by atoms with Gasteiger partial charge in [-0.1, -0.05) is 99.4 Å². The zero-order valence-corrected chi connectivity index (χ0v) is 22.5. The van der Waals surface area contributed by atoms with Crippen LogP contribution in [0.1, 0.15) is 51.3 Å². The van der Waals surface area contributed by atoms with E-state index < -0.39 is 12.5 Å². The number of aliphatic hydroxyl groups excluding tert-OH is 2. The fourth-order valence-corrected chi connectivity index (χ4v) is 3.91. The first kappa shape index (κ1) is 32.4. The summed E-state index contributed by atoms with van der Waals surface area (Å²) in [6.45, 7) is 11.7. The van der Waals surface area contributed by atoms with Crippen LogP contribution in [0.2, 0.25) is 0 Å². The van der Waals surface area contributed by atoms with Crippen molar-refractivity contribution in [1.29, 1.82) is 0 Å². The van der Waals surface area contributed by atoms with Crippen molar-refractivity contribution in [2.75, 3.05) is 26.2 Å². The number of hydrogen-bond donors (Lipinski definition) is 4. The van der Waals surface area contributed by atoms with Crippen LogP contribution < -0.4 is 10.6 Å². The monoisotopic (exact) mass is 536 g/mol. The van der Waals surface area contributed by atoms with Gasteiger partial charge in [-0.05, 0) is 37.3 Å². The molecule has 188 valence electrons. The standard InChI is InChI=1S/2C12H20N2OS.Ni/c2*1-3-14(4-2)12(16)13-11(15)10-8-6-5-7-9-10;/h2*5-9,11-13,15-16H,3-4H2,1-2H3;/q;;+2/p-2. The summed E-state index contributed by atoms with van der Waals surface area (Å²) in [7, 11) is 0. The zero-order chi connectivity index (χ0) is 23.9. The van der Waals surface area contributed by atoms with Crippen LogP contribution >= 0.6 is 0 Å². The van der Waals surface area contributed by atoms with Crippen molar-refractivity contribution in [3.05, 3.63) is 71.8 Å². The summed E-state index contributed by atoms with van der Waals surface area (Å²) in [5.74, 6) is 0. The number of hydrogen-bond acceptors (Lipinski definition) is 8. The molecule has 0 spiro atoms. The van der Waals surface area contributed by atoms with Crippen LogP contribution in [0.5, 0.6) is 0 Å². The van der Waals surface area contributed by atoms with Crippen molar-refractivity contribution in [3.8, 4) is 0 Å². The minimum absolute atomic E-state index is 0. The Kier molecular flexibility index (Phi) is 18.3. The number of nitrogens with zero attached hydrogens (tertiary/aromatic N) is 2. The molecule has 0 bridgehead atoms. The molecular formula is C24H38N4NiO2S2. The maximum atomic E-state index is 9.93. The molecule has 0 aromatic heterocycles. The van der Waals surface area contributed by atoms with Crippen LogP contribution in [0.3, 0.4) is 0 Å². The second-order valence-electron chi connectivity index (χ2n) is 7.11. The Morgan fingerprint density at radius 3 is 1.15 bits per heavy atom. The third-order valence-corrected chi connectivity index (χ3v) is 5.99. The van der Waals surface area contributed by atoms with Gasteiger partial charge in [0.15, 0.2) is 0 Å². The average Bonchev–Trinajstić information content (AvgIpc) is 2.82. The predicted octanol–water partition coefficient (Wildman–Crippen LogP) is 2.88. The Balaban J connectivity index is 0.000000602. The van der Waals surface area contributed by atoms with Gasteiger partial charge >= 0.3 is 16.5 Å². The van der Waals surface area contributed by atoms with Gasteiger partial charge in [0.05, 0.1) is 0 Å². The van der Waals surface area contributed by atoms with Gasteiger partial charge in [0.1, 0.15) is 12.5 Å². The first-order valence-electron chi connectivity index (χ1n) is 11.2. The fourth-order valence-electron chi connectivity index (χ4n) is 3.05. The maximum absolute atomic E-state index is 9.93. The van der Waals surface area contributed by atoms with Crippen LogP contribution in [0, 0.1) is 0 Å². The summed E-state index contributed by atoms with van der Waals surface area (Å²) in [6, 6.07) is 18.9. The first-order valence-corrected chi connectivity index (χ1v) is 12.1. The van der Waals surface area contributed by atoms with E-state index in [0.717, 1.165) is 37.3 Å². The number of aliphatic hydroxyl groups is 2. The Hall–Kier alpha value is -0.606. The molecule has 2 aromatic carbocycles. The first-order chi connectivity index (χ1) is 15.4. The largest absolute Gasteiger partial charge is 2.00 e. The molecule has 0 aliphatic rings. The van der Waals surface area contributed by atoms with Gasteiger partial charge in [-0.15, -0.1) is 0 Å². The Morgan fingerprint density at radius 1 is 0.636 bits per heavy atom. The zero-order valence-electron chi connectivity index (χ0n) is 19.8. The number of benzene rings is 2. The van der Waals surface area contributed by atoms with Crippen molar-refractivity contribution >= 4 is 25.3 Å². The topological polar surface area (TPSA) is 71.0 Å². The summed E-state index contributed by atoms with van der Waals surface area (Å²) in [5.41, 5.74) is 1.18. The van der Waals surface area contributed by atoms with Gasteiger partial charge in [-0.25, -0.2) is 0 Å². The normalized spacial score (nSPS) is 14.6.